The summed E-state index contributed by atoms with van der Waals surface area (Å²) in [5, 5.41) is 5.79. The fraction of sp³-hybridized carbons (Fsp3) is 0.391. The Hall–Kier alpha value is -3.06. The first-order chi connectivity index (χ1) is 14.4. The molecular weight excluding hydrogens is 380 g/mol. The zero-order valence-electron chi connectivity index (χ0n) is 17.9. The first kappa shape index (κ1) is 21.6. The fourth-order valence-electron chi connectivity index (χ4n) is 3.55. The number of amides is 2. The van der Waals surface area contributed by atoms with Gasteiger partial charge in [-0.25, -0.2) is 0 Å². The summed E-state index contributed by atoms with van der Waals surface area (Å²) in [5.41, 5.74) is 2.76. The second-order valence-corrected chi connectivity index (χ2v) is 7.62. The number of nitrogens with zero attached hydrogens (tertiary/aromatic N) is 2. The van der Waals surface area contributed by atoms with E-state index in [-0.39, 0.29) is 18.2 Å². The van der Waals surface area contributed by atoms with Crippen molar-refractivity contribution in [2.75, 3.05) is 50.6 Å². The van der Waals surface area contributed by atoms with Gasteiger partial charge in [-0.15, -0.1) is 0 Å². The molecule has 0 spiro atoms. The van der Waals surface area contributed by atoms with Crippen LogP contribution < -0.4 is 20.3 Å². The molecule has 1 fully saturated rings. The third-order valence-corrected chi connectivity index (χ3v) is 5.30. The van der Waals surface area contributed by atoms with Gasteiger partial charge in [0.1, 0.15) is 5.75 Å². The van der Waals surface area contributed by atoms with Gasteiger partial charge < -0.3 is 25.2 Å². The van der Waals surface area contributed by atoms with E-state index in [1.165, 1.54) is 6.92 Å². The van der Waals surface area contributed by atoms with Crippen LogP contribution in [0.2, 0.25) is 0 Å². The van der Waals surface area contributed by atoms with Gasteiger partial charge >= 0.3 is 0 Å². The Morgan fingerprint density at radius 2 is 1.63 bits per heavy atom. The van der Waals surface area contributed by atoms with Crippen LogP contribution in [0.3, 0.4) is 0 Å². The van der Waals surface area contributed by atoms with E-state index < -0.39 is 6.04 Å². The van der Waals surface area contributed by atoms with E-state index >= 15 is 0 Å². The number of hydrogen-bond acceptors (Lipinski definition) is 5. The molecule has 0 saturated carbocycles. The average Bonchev–Trinajstić information content (AvgIpc) is 2.74. The molecule has 0 radical (unpaired) electrons. The van der Waals surface area contributed by atoms with Crippen molar-refractivity contribution in [1.82, 2.24) is 10.2 Å². The van der Waals surface area contributed by atoms with Crippen molar-refractivity contribution < 1.29 is 14.3 Å². The largest absolute Gasteiger partial charge is 0.497 e. The molecule has 1 saturated heterocycles. The molecule has 7 heteroatoms. The summed E-state index contributed by atoms with van der Waals surface area (Å²) in [6, 6.07) is 14.9. The van der Waals surface area contributed by atoms with Crippen LogP contribution in [0.15, 0.2) is 48.5 Å². The molecule has 1 aliphatic rings. The highest BCUT2D eigenvalue weighted by molar-refractivity contribution is 5.91. The Bertz CT molecular complexity index is 844. The van der Waals surface area contributed by atoms with Crippen molar-refractivity contribution in [3.05, 3.63) is 54.1 Å². The Labute approximate surface area is 178 Å². The first-order valence-corrected chi connectivity index (χ1v) is 10.2. The number of methoxy groups -OCH3 is 1. The van der Waals surface area contributed by atoms with Crippen molar-refractivity contribution in [2.45, 2.75) is 19.4 Å². The zero-order chi connectivity index (χ0) is 21.5. The molecule has 0 aromatic heterocycles. The molecule has 2 aromatic rings. The molecule has 1 aliphatic heterocycles. The van der Waals surface area contributed by atoms with Crippen LogP contribution in [0.5, 0.6) is 5.75 Å². The molecule has 1 atom stereocenters. The lowest BCUT2D eigenvalue weighted by Crippen LogP contribution is -2.44. The van der Waals surface area contributed by atoms with Gasteiger partial charge in [0, 0.05) is 44.5 Å². The number of nitrogens with one attached hydrogen (secondary N) is 2. The molecule has 2 aromatic carbocycles. The number of ether oxygens (including phenoxy) is 1. The molecule has 30 heavy (non-hydrogen) atoms. The lowest BCUT2D eigenvalue weighted by Gasteiger charge is -2.34. The van der Waals surface area contributed by atoms with Crippen molar-refractivity contribution in [1.29, 1.82) is 0 Å². The first-order valence-electron chi connectivity index (χ1n) is 10.2. The molecule has 1 heterocycles. The molecule has 7 nitrogen and oxygen atoms in total. The maximum absolute atomic E-state index is 12.6. The van der Waals surface area contributed by atoms with Crippen LogP contribution in [-0.2, 0) is 9.59 Å². The Morgan fingerprint density at radius 3 is 2.20 bits per heavy atom. The Morgan fingerprint density at radius 1 is 1.00 bits per heavy atom. The summed E-state index contributed by atoms with van der Waals surface area (Å²) in [6.45, 7) is 5.55. The summed E-state index contributed by atoms with van der Waals surface area (Å²) in [5.74, 6) is 0.391. The third-order valence-electron chi connectivity index (χ3n) is 5.30. The second-order valence-electron chi connectivity index (χ2n) is 7.62. The number of benzene rings is 2. The van der Waals surface area contributed by atoms with E-state index in [1.807, 2.05) is 48.5 Å². The smallest absolute Gasteiger partial charge is 0.226 e. The van der Waals surface area contributed by atoms with Gasteiger partial charge in [-0.05, 0) is 49.0 Å². The average molecular weight is 411 g/mol. The van der Waals surface area contributed by atoms with Gasteiger partial charge in [-0.3, -0.25) is 9.59 Å². The summed E-state index contributed by atoms with van der Waals surface area (Å²) >= 11 is 0. The monoisotopic (exact) mass is 410 g/mol. The van der Waals surface area contributed by atoms with E-state index in [0.29, 0.717) is 0 Å². The SMILES string of the molecule is COc1ccc(C(CC(=O)Nc2ccc(N3CCN(C)CC3)cc2)NC(C)=O)cc1. The van der Waals surface area contributed by atoms with Crippen LogP contribution in [-0.4, -0.2) is 57.1 Å². The molecule has 0 aliphatic carbocycles. The highest BCUT2D eigenvalue weighted by atomic mass is 16.5. The standard InChI is InChI=1S/C23H30N4O3/c1-17(28)24-22(18-4-10-21(30-3)11-5-18)16-23(29)25-19-6-8-20(9-7-19)27-14-12-26(2)13-15-27/h4-11,22H,12-16H2,1-3H3,(H,24,28)(H,25,29). The number of carbonyl (C=O) groups excluding carboxylic acids is 2. The Balaban J connectivity index is 1.61. The molecule has 0 bridgehead atoms. The van der Waals surface area contributed by atoms with Gasteiger partial charge in [0.05, 0.1) is 19.6 Å². The summed E-state index contributed by atoms with van der Waals surface area (Å²) < 4.78 is 5.18. The van der Waals surface area contributed by atoms with E-state index in [0.717, 1.165) is 48.9 Å². The maximum atomic E-state index is 12.6. The van der Waals surface area contributed by atoms with E-state index in [9.17, 15) is 9.59 Å². The molecule has 2 amide bonds. The minimum atomic E-state index is -0.405. The molecule has 1 unspecified atom stereocenters. The lowest BCUT2D eigenvalue weighted by atomic mass is 10.0. The maximum Gasteiger partial charge on any atom is 0.226 e. The van der Waals surface area contributed by atoms with Crippen LogP contribution >= 0.6 is 0 Å². The van der Waals surface area contributed by atoms with Crippen molar-refractivity contribution >= 4 is 23.2 Å². The van der Waals surface area contributed by atoms with Gasteiger partial charge in [-0.1, -0.05) is 12.1 Å². The topological polar surface area (TPSA) is 73.9 Å². The molecule has 2 N–H and O–H groups in total. The third kappa shape index (κ3) is 5.97. The number of anilines is 2. The number of likely N-dealkylation sites (N-methyl/N-ethyl adjacent to an activating group) is 1. The number of hydrogen-bond donors (Lipinski definition) is 2. The van der Waals surface area contributed by atoms with Crippen molar-refractivity contribution in [3.8, 4) is 5.75 Å². The normalized spacial score (nSPS) is 15.4. The molecular formula is C23H30N4O3. The van der Waals surface area contributed by atoms with Crippen LogP contribution in [0.4, 0.5) is 11.4 Å². The van der Waals surface area contributed by atoms with Crippen LogP contribution in [0.25, 0.3) is 0 Å². The second kappa shape index (κ2) is 10.1. The van der Waals surface area contributed by atoms with E-state index in [1.54, 1.807) is 7.11 Å². The van der Waals surface area contributed by atoms with Crippen LogP contribution in [0, 0.1) is 0 Å². The summed E-state index contributed by atoms with van der Waals surface area (Å²) in [7, 11) is 3.74. The van der Waals surface area contributed by atoms with E-state index in [4.69, 9.17) is 4.74 Å². The number of carbonyl (C=O) groups is 2. The molecule has 3 rings (SSSR count). The van der Waals surface area contributed by atoms with Gasteiger partial charge in [0.2, 0.25) is 11.8 Å². The lowest BCUT2D eigenvalue weighted by molar-refractivity contribution is -0.120. The van der Waals surface area contributed by atoms with E-state index in [2.05, 4.69) is 27.5 Å². The number of rotatable bonds is 7. The minimum Gasteiger partial charge on any atom is -0.497 e. The fourth-order valence-corrected chi connectivity index (χ4v) is 3.55. The minimum absolute atomic E-state index is 0.145. The van der Waals surface area contributed by atoms with Gasteiger partial charge in [-0.2, -0.15) is 0 Å². The Kier molecular flexibility index (Phi) is 7.30. The number of piperazine rings is 1. The zero-order valence-corrected chi connectivity index (χ0v) is 17.9. The predicted octanol–water partition coefficient (Wildman–Crippen LogP) is 2.65. The van der Waals surface area contributed by atoms with Crippen LogP contribution in [0.1, 0.15) is 24.9 Å². The summed E-state index contributed by atoms with van der Waals surface area (Å²) in [6.07, 6.45) is 0.145. The quantitative estimate of drug-likeness (QED) is 0.734. The molecule has 160 valence electrons. The van der Waals surface area contributed by atoms with Gasteiger partial charge in [0.15, 0.2) is 0 Å². The highest BCUT2D eigenvalue weighted by Crippen LogP contribution is 2.23. The summed E-state index contributed by atoms with van der Waals surface area (Å²) in [4.78, 5) is 28.9. The van der Waals surface area contributed by atoms with Crippen molar-refractivity contribution in [3.63, 3.8) is 0 Å². The highest BCUT2D eigenvalue weighted by Gasteiger charge is 2.18. The van der Waals surface area contributed by atoms with Gasteiger partial charge in [0.25, 0.3) is 0 Å². The predicted molar refractivity (Wildman–Crippen MR) is 119 cm³/mol. The van der Waals surface area contributed by atoms with Crippen molar-refractivity contribution in [2.24, 2.45) is 0 Å².